The van der Waals surface area contributed by atoms with E-state index in [-0.39, 0.29) is 23.3 Å². The molecule has 6 rings (SSSR count). The number of carbonyl (C=O) groups excluding carboxylic acids is 2. The molecule has 4 aromatic carbocycles. The predicted octanol–water partition coefficient (Wildman–Crippen LogP) is 6.79. The summed E-state index contributed by atoms with van der Waals surface area (Å²) >= 11 is 0. The fourth-order valence-electron chi connectivity index (χ4n) is 6.33. The number of benzene rings is 4. The van der Waals surface area contributed by atoms with E-state index in [0.717, 1.165) is 22.5 Å². The van der Waals surface area contributed by atoms with Crippen LogP contribution < -0.4 is 9.91 Å². The quantitative estimate of drug-likeness (QED) is 0.0616. The Labute approximate surface area is 276 Å². The van der Waals surface area contributed by atoms with Gasteiger partial charge in [0.25, 0.3) is 0 Å². The summed E-state index contributed by atoms with van der Waals surface area (Å²) in [4.78, 5) is 27.8. The third kappa shape index (κ3) is 6.77. The Morgan fingerprint density at radius 2 is 1.69 bits per heavy atom. The molecule has 2 aliphatic rings. The van der Waals surface area contributed by atoms with E-state index in [4.69, 9.17) is 14.9 Å². The molecule has 0 radical (unpaired) electrons. The molecule has 2 heterocycles. The van der Waals surface area contributed by atoms with Crippen LogP contribution in [0.2, 0.25) is 0 Å². The minimum atomic E-state index is -1.55. The van der Waals surface area contributed by atoms with Gasteiger partial charge in [0.15, 0.2) is 17.5 Å². The van der Waals surface area contributed by atoms with Crippen LogP contribution in [0.5, 0.6) is 0 Å². The first-order valence-electron chi connectivity index (χ1n) is 15.8. The van der Waals surface area contributed by atoms with Crippen molar-refractivity contribution >= 4 is 39.9 Å². The molecule has 0 saturated carbocycles. The van der Waals surface area contributed by atoms with Gasteiger partial charge in [-0.05, 0) is 66.2 Å². The molecule has 1 spiro atoms. The molecule has 2 fully saturated rings. The molecule has 2 N–H and O–H groups in total. The van der Waals surface area contributed by atoms with Gasteiger partial charge in [0.2, 0.25) is 0 Å². The topological polar surface area (TPSA) is 88.4 Å². The molecular formula is C37H36F3N4O4+. The SMILES string of the molecule is C=C(C/C(=N\N(CC)c1ccc2ccccc2c1)c1ccc(F)c(F)c1F)CN1CCC2(CC1)CN(c1ccc(C(=O)[OH2+])cc1)C(=O)O2. The van der Waals surface area contributed by atoms with Gasteiger partial charge < -0.3 is 9.84 Å². The van der Waals surface area contributed by atoms with E-state index < -0.39 is 35.1 Å². The smallest absolute Gasteiger partial charge is 0.549 e. The summed E-state index contributed by atoms with van der Waals surface area (Å²) in [6.45, 7) is 8.61. The second kappa shape index (κ2) is 13.5. The number of carbonyl (C=O) groups is 2. The molecule has 0 bridgehead atoms. The molecule has 11 heteroatoms. The molecule has 4 aromatic rings. The maximum Gasteiger partial charge on any atom is 0.549 e. The highest BCUT2D eigenvalue weighted by molar-refractivity contribution is 6.03. The first-order chi connectivity index (χ1) is 23.1. The molecule has 8 nitrogen and oxygen atoms in total. The molecule has 0 atom stereocenters. The number of amides is 1. The number of rotatable bonds is 10. The van der Waals surface area contributed by atoms with Crippen molar-refractivity contribution in [1.29, 1.82) is 0 Å². The summed E-state index contributed by atoms with van der Waals surface area (Å²) in [5.74, 6) is -4.92. The minimum Gasteiger partial charge on any atom is -0.561 e. The molecule has 2 saturated heterocycles. The van der Waals surface area contributed by atoms with Crippen molar-refractivity contribution in [3.05, 3.63) is 120 Å². The van der Waals surface area contributed by atoms with Gasteiger partial charge in [-0.15, -0.1) is 0 Å². The van der Waals surface area contributed by atoms with Crippen LogP contribution in [-0.2, 0) is 4.74 Å². The monoisotopic (exact) mass is 657 g/mol. The number of nitrogens with zero attached hydrogens (tertiary/aromatic N) is 4. The van der Waals surface area contributed by atoms with Crippen molar-refractivity contribution in [3.8, 4) is 0 Å². The van der Waals surface area contributed by atoms with E-state index in [1.165, 1.54) is 18.2 Å². The lowest BCUT2D eigenvalue weighted by atomic mass is 9.90. The summed E-state index contributed by atoms with van der Waals surface area (Å²) in [7, 11) is 0. The fourth-order valence-corrected chi connectivity index (χ4v) is 6.33. The third-order valence-corrected chi connectivity index (χ3v) is 8.96. The van der Waals surface area contributed by atoms with Crippen molar-refractivity contribution in [3.63, 3.8) is 0 Å². The highest BCUT2D eigenvalue weighted by Crippen LogP contribution is 2.36. The number of likely N-dealkylation sites (tertiary alicyclic amines) is 1. The van der Waals surface area contributed by atoms with Crippen LogP contribution in [0.15, 0.2) is 96.1 Å². The summed E-state index contributed by atoms with van der Waals surface area (Å²) in [6.07, 6.45) is 0.818. The van der Waals surface area contributed by atoms with E-state index in [1.54, 1.807) is 22.0 Å². The number of hydrogen-bond acceptors (Lipinski definition) is 6. The molecule has 1 amide bonds. The summed E-state index contributed by atoms with van der Waals surface area (Å²) in [5.41, 5.74) is 1.73. The largest absolute Gasteiger partial charge is 0.561 e. The van der Waals surface area contributed by atoms with E-state index in [1.807, 2.05) is 49.4 Å². The average Bonchev–Trinajstić information content (AvgIpc) is 3.41. The Kier molecular flexibility index (Phi) is 9.23. The zero-order valence-corrected chi connectivity index (χ0v) is 26.5. The van der Waals surface area contributed by atoms with Gasteiger partial charge in [-0.3, -0.25) is 14.8 Å². The van der Waals surface area contributed by atoms with Crippen LogP contribution >= 0.6 is 0 Å². The lowest BCUT2D eigenvalue weighted by Gasteiger charge is -2.37. The maximum atomic E-state index is 15.2. The third-order valence-electron chi connectivity index (χ3n) is 8.96. The second-order valence-corrected chi connectivity index (χ2v) is 12.2. The van der Waals surface area contributed by atoms with Gasteiger partial charge in [-0.1, -0.05) is 42.5 Å². The van der Waals surface area contributed by atoms with Crippen LogP contribution in [0.3, 0.4) is 0 Å². The molecule has 2 aliphatic heterocycles. The highest BCUT2D eigenvalue weighted by Gasteiger charge is 2.47. The lowest BCUT2D eigenvalue weighted by Crippen LogP contribution is -2.47. The molecule has 0 aromatic heterocycles. The van der Waals surface area contributed by atoms with Crippen molar-refractivity contribution in [2.24, 2.45) is 5.10 Å². The Morgan fingerprint density at radius 1 is 0.979 bits per heavy atom. The standard InChI is InChI=1S/C37H35F3N4O4/c1-3-44(29-13-8-25-6-4-5-7-27(25)21-29)41-32(30-14-15-31(38)34(40)33(30)39)20-24(2)22-42-18-16-37(17-19-42)23-43(36(47)48-37)28-11-9-26(10-12-28)35(45)46/h4-15,21H,2-3,16-20,22-23H2,1H3,(H,45,46)/p+1/b41-32+. The van der Waals surface area contributed by atoms with E-state index in [9.17, 15) is 18.4 Å². The number of fused-ring (bicyclic) bond motifs is 1. The number of hydrazone groups is 1. The molecular weight excluding hydrogens is 621 g/mol. The normalized spacial score (nSPS) is 16.4. The number of halogens is 3. The van der Waals surface area contributed by atoms with Gasteiger partial charge in [0.1, 0.15) is 11.2 Å². The van der Waals surface area contributed by atoms with Crippen LogP contribution in [0.25, 0.3) is 10.8 Å². The second-order valence-electron chi connectivity index (χ2n) is 12.2. The zero-order valence-electron chi connectivity index (χ0n) is 26.5. The minimum absolute atomic E-state index is 0.118. The first-order valence-corrected chi connectivity index (χ1v) is 15.8. The molecule has 0 unspecified atom stereocenters. The Morgan fingerprint density at radius 3 is 2.38 bits per heavy atom. The Balaban J connectivity index is 1.16. The predicted molar refractivity (Wildman–Crippen MR) is 180 cm³/mol. The lowest BCUT2D eigenvalue weighted by molar-refractivity contribution is 0.00299. The van der Waals surface area contributed by atoms with Crippen molar-refractivity contribution < 1.29 is 32.6 Å². The fraction of sp³-hybridized carbons (Fsp3) is 0.270. The van der Waals surface area contributed by atoms with Crippen LogP contribution in [-0.4, -0.2) is 66.1 Å². The molecule has 48 heavy (non-hydrogen) atoms. The maximum absolute atomic E-state index is 15.2. The van der Waals surface area contributed by atoms with Gasteiger partial charge in [0.05, 0.1) is 17.9 Å². The average molecular weight is 658 g/mol. The van der Waals surface area contributed by atoms with Crippen molar-refractivity contribution in [2.75, 3.05) is 42.6 Å². The van der Waals surface area contributed by atoms with E-state index in [0.29, 0.717) is 56.8 Å². The van der Waals surface area contributed by atoms with Gasteiger partial charge >= 0.3 is 12.1 Å². The number of anilines is 2. The number of ether oxygens (including phenoxy) is 1. The highest BCUT2D eigenvalue weighted by atomic mass is 19.2. The van der Waals surface area contributed by atoms with Crippen LogP contribution in [0.4, 0.5) is 29.3 Å². The van der Waals surface area contributed by atoms with E-state index in [2.05, 4.69) is 11.5 Å². The van der Waals surface area contributed by atoms with Crippen LogP contribution in [0, 0.1) is 17.5 Å². The van der Waals surface area contributed by atoms with Crippen molar-refractivity contribution in [2.45, 2.75) is 31.8 Å². The van der Waals surface area contributed by atoms with Gasteiger partial charge in [0, 0.05) is 61.5 Å². The molecule has 0 aliphatic carbocycles. The van der Waals surface area contributed by atoms with Gasteiger partial charge in [-0.2, -0.15) is 5.10 Å². The van der Waals surface area contributed by atoms with Crippen LogP contribution in [0.1, 0.15) is 42.1 Å². The van der Waals surface area contributed by atoms with E-state index >= 15 is 4.39 Å². The Hall–Kier alpha value is -5.16. The Bertz CT molecular complexity index is 1900. The first kappa shape index (κ1) is 32.8. The van der Waals surface area contributed by atoms with Gasteiger partial charge in [-0.25, -0.2) is 18.0 Å². The summed E-state index contributed by atoms with van der Waals surface area (Å²) in [6, 6.07) is 22.2. The zero-order chi connectivity index (χ0) is 34.0. The summed E-state index contributed by atoms with van der Waals surface area (Å²) < 4.78 is 49.4. The van der Waals surface area contributed by atoms with Crippen molar-refractivity contribution in [1.82, 2.24) is 4.90 Å². The summed E-state index contributed by atoms with van der Waals surface area (Å²) in [5, 5.41) is 15.8. The number of hydrogen-bond donors (Lipinski definition) is 0. The number of piperidine rings is 1. The molecule has 248 valence electrons.